The van der Waals surface area contributed by atoms with Gasteiger partial charge in [-0.25, -0.2) is 4.39 Å². The number of carbonyl (C=O) groups is 1. The number of carbonyl (C=O) groups excluding carboxylic acids is 1. The summed E-state index contributed by atoms with van der Waals surface area (Å²) in [5.41, 5.74) is 0.699. The highest BCUT2D eigenvalue weighted by molar-refractivity contribution is 5.94. The molecule has 2 aliphatic heterocycles. The van der Waals surface area contributed by atoms with Gasteiger partial charge in [0, 0.05) is 30.6 Å². The second-order valence-corrected chi connectivity index (χ2v) is 6.12. The van der Waals surface area contributed by atoms with E-state index in [0.717, 1.165) is 32.6 Å². The van der Waals surface area contributed by atoms with Crippen molar-refractivity contribution < 1.29 is 9.18 Å². The summed E-state index contributed by atoms with van der Waals surface area (Å²) in [7, 11) is 0. The highest BCUT2D eigenvalue weighted by atomic mass is 35.5. The minimum absolute atomic E-state index is 0. The second-order valence-electron chi connectivity index (χ2n) is 6.12. The van der Waals surface area contributed by atoms with Gasteiger partial charge >= 0.3 is 0 Å². The zero-order chi connectivity index (χ0) is 14.0. The Labute approximate surface area is 131 Å². The zero-order valence-corrected chi connectivity index (χ0v) is 12.9. The molecule has 2 fully saturated rings. The van der Waals surface area contributed by atoms with Gasteiger partial charge in [0.15, 0.2) is 0 Å². The van der Waals surface area contributed by atoms with Crippen LogP contribution in [0.1, 0.15) is 36.0 Å². The molecule has 116 valence electrons. The summed E-state index contributed by atoms with van der Waals surface area (Å²) in [6, 6.07) is 6.01. The van der Waals surface area contributed by atoms with Crippen molar-refractivity contribution in [2.45, 2.75) is 25.7 Å². The molecule has 0 radical (unpaired) electrons. The van der Waals surface area contributed by atoms with Crippen molar-refractivity contribution in [3.63, 3.8) is 0 Å². The molecule has 1 spiro atoms. The Kier molecular flexibility index (Phi) is 5.22. The Balaban J connectivity index is 0.00000161. The highest BCUT2D eigenvalue weighted by Gasteiger charge is 2.38. The summed E-state index contributed by atoms with van der Waals surface area (Å²) < 4.78 is 13.3. The average Bonchev–Trinajstić information content (AvgIpc) is 2.47. The van der Waals surface area contributed by atoms with Crippen molar-refractivity contribution in [2.24, 2.45) is 5.41 Å². The number of likely N-dealkylation sites (tertiary alicyclic amines) is 1. The maximum atomic E-state index is 13.3. The normalized spacial score (nSPS) is 25.5. The van der Waals surface area contributed by atoms with Crippen molar-refractivity contribution in [1.82, 2.24) is 10.2 Å². The Morgan fingerprint density at radius 2 is 2.10 bits per heavy atom. The van der Waals surface area contributed by atoms with Crippen molar-refractivity contribution in [3.05, 3.63) is 35.6 Å². The molecule has 0 aromatic heterocycles. The van der Waals surface area contributed by atoms with Crippen LogP contribution in [0.5, 0.6) is 0 Å². The second kappa shape index (κ2) is 6.75. The van der Waals surface area contributed by atoms with Crippen LogP contribution in [0.25, 0.3) is 0 Å². The third kappa shape index (κ3) is 3.55. The molecule has 2 aliphatic rings. The largest absolute Gasteiger partial charge is 0.338 e. The summed E-state index contributed by atoms with van der Waals surface area (Å²) >= 11 is 0. The molecule has 1 aromatic carbocycles. The number of halogens is 2. The molecular formula is C16H22ClFN2O. The topological polar surface area (TPSA) is 32.3 Å². The van der Waals surface area contributed by atoms with Crippen molar-refractivity contribution in [3.8, 4) is 0 Å². The van der Waals surface area contributed by atoms with Crippen LogP contribution in [-0.2, 0) is 0 Å². The minimum Gasteiger partial charge on any atom is -0.338 e. The van der Waals surface area contributed by atoms with Gasteiger partial charge in [0.25, 0.3) is 5.91 Å². The quantitative estimate of drug-likeness (QED) is 0.865. The number of rotatable bonds is 1. The van der Waals surface area contributed by atoms with E-state index in [1.54, 1.807) is 12.1 Å². The summed E-state index contributed by atoms with van der Waals surface area (Å²) in [4.78, 5) is 14.4. The maximum Gasteiger partial charge on any atom is 0.253 e. The van der Waals surface area contributed by atoms with E-state index in [9.17, 15) is 9.18 Å². The number of hydrogen-bond acceptors (Lipinski definition) is 2. The van der Waals surface area contributed by atoms with E-state index in [0.29, 0.717) is 5.56 Å². The standard InChI is InChI=1S/C16H21FN2O.ClH/c17-14-5-1-4-13(10-14)15(20)19-9-3-7-16(12-19)6-2-8-18-11-16;/h1,4-5,10,18H,2-3,6-9,11-12H2;1H. The fourth-order valence-corrected chi connectivity index (χ4v) is 3.56. The van der Waals surface area contributed by atoms with Crippen LogP contribution < -0.4 is 5.32 Å². The SMILES string of the molecule is Cl.O=C(c1cccc(F)c1)N1CCCC2(CCCNC2)C1. The molecule has 1 aromatic rings. The lowest BCUT2D eigenvalue weighted by Crippen LogP contribution is -2.52. The summed E-state index contributed by atoms with van der Waals surface area (Å²) in [5.74, 6) is -0.379. The van der Waals surface area contributed by atoms with Gasteiger partial charge in [-0.1, -0.05) is 6.07 Å². The Bertz CT molecular complexity index is 497. The number of piperidine rings is 2. The lowest BCUT2D eigenvalue weighted by Gasteiger charge is -2.45. The predicted molar refractivity (Wildman–Crippen MR) is 83.3 cm³/mol. The first-order valence-corrected chi connectivity index (χ1v) is 7.44. The minimum atomic E-state index is -0.345. The van der Waals surface area contributed by atoms with E-state index in [1.807, 2.05) is 4.90 Å². The van der Waals surface area contributed by atoms with E-state index in [2.05, 4.69) is 5.32 Å². The maximum absolute atomic E-state index is 13.3. The van der Waals surface area contributed by atoms with Gasteiger partial charge in [0.1, 0.15) is 5.82 Å². The molecule has 0 bridgehead atoms. The molecule has 5 heteroatoms. The first kappa shape index (κ1) is 16.2. The van der Waals surface area contributed by atoms with Crippen molar-refractivity contribution in [1.29, 1.82) is 0 Å². The van der Waals surface area contributed by atoms with E-state index < -0.39 is 0 Å². The van der Waals surface area contributed by atoms with E-state index in [-0.39, 0.29) is 29.5 Å². The van der Waals surface area contributed by atoms with Gasteiger partial charge in [-0.15, -0.1) is 12.4 Å². The Morgan fingerprint density at radius 1 is 1.29 bits per heavy atom. The summed E-state index contributed by atoms with van der Waals surface area (Å²) in [6.07, 6.45) is 4.60. The van der Waals surface area contributed by atoms with Crippen LogP contribution >= 0.6 is 12.4 Å². The van der Waals surface area contributed by atoms with Crippen LogP contribution in [0.4, 0.5) is 4.39 Å². The molecule has 1 N–H and O–H groups in total. The van der Waals surface area contributed by atoms with Crippen LogP contribution in [0.3, 0.4) is 0 Å². The number of benzene rings is 1. The van der Waals surface area contributed by atoms with E-state index >= 15 is 0 Å². The van der Waals surface area contributed by atoms with Gasteiger partial charge in [0.2, 0.25) is 0 Å². The van der Waals surface area contributed by atoms with E-state index in [4.69, 9.17) is 0 Å². The van der Waals surface area contributed by atoms with Gasteiger partial charge in [-0.3, -0.25) is 4.79 Å². The fourth-order valence-electron chi connectivity index (χ4n) is 3.56. The zero-order valence-electron chi connectivity index (χ0n) is 12.1. The molecule has 1 unspecified atom stereocenters. The number of amides is 1. The van der Waals surface area contributed by atoms with Crippen LogP contribution in [0.15, 0.2) is 24.3 Å². The third-order valence-corrected chi connectivity index (χ3v) is 4.58. The number of hydrogen-bond donors (Lipinski definition) is 1. The van der Waals surface area contributed by atoms with Gasteiger partial charge in [-0.2, -0.15) is 0 Å². The third-order valence-electron chi connectivity index (χ3n) is 4.58. The number of nitrogens with one attached hydrogen (secondary N) is 1. The molecule has 0 aliphatic carbocycles. The van der Waals surface area contributed by atoms with Crippen LogP contribution in [0, 0.1) is 11.2 Å². The predicted octanol–water partition coefficient (Wildman–Crippen LogP) is 2.85. The lowest BCUT2D eigenvalue weighted by atomic mass is 9.74. The van der Waals surface area contributed by atoms with Crippen molar-refractivity contribution in [2.75, 3.05) is 26.2 Å². The van der Waals surface area contributed by atoms with Gasteiger partial charge in [-0.05, 0) is 50.4 Å². The molecule has 0 saturated carbocycles. The molecule has 2 heterocycles. The van der Waals surface area contributed by atoms with Gasteiger partial charge < -0.3 is 10.2 Å². The average molecular weight is 313 g/mol. The lowest BCUT2D eigenvalue weighted by molar-refractivity contribution is 0.0433. The first-order valence-electron chi connectivity index (χ1n) is 7.44. The summed E-state index contributed by atoms with van der Waals surface area (Å²) in [6.45, 7) is 3.67. The van der Waals surface area contributed by atoms with Gasteiger partial charge in [0.05, 0.1) is 0 Å². The molecule has 3 nitrogen and oxygen atoms in total. The summed E-state index contributed by atoms with van der Waals surface area (Å²) in [5, 5.41) is 3.46. The Morgan fingerprint density at radius 3 is 2.81 bits per heavy atom. The fraction of sp³-hybridized carbons (Fsp3) is 0.562. The molecule has 2 saturated heterocycles. The smallest absolute Gasteiger partial charge is 0.253 e. The first-order chi connectivity index (χ1) is 9.69. The molecule has 21 heavy (non-hydrogen) atoms. The van der Waals surface area contributed by atoms with Crippen molar-refractivity contribution >= 4 is 18.3 Å². The molecular weight excluding hydrogens is 291 g/mol. The number of nitrogens with zero attached hydrogens (tertiary/aromatic N) is 1. The van der Waals surface area contributed by atoms with Crippen LogP contribution in [0.2, 0.25) is 0 Å². The van der Waals surface area contributed by atoms with Crippen LogP contribution in [-0.4, -0.2) is 37.0 Å². The molecule has 1 atom stereocenters. The van der Waals surface area contributed by atoms with E-state index in [1.165, 1.54) is 31.4 Å². The highest BCUT2D eigenvalue weighted by Crippen LogP contribution is 2.36. The molecule has 1 amide bonds. The monoisotopic (exact) mass is 312 g/mol. The Hall–Kier alpha value is -1.13. The molecule has 3 rings (SSSR count).